The first-order chi connectivity index (χ1) is 10.0. The lowest BCUT2D eigenvalue weighted by Gasteiger charge is -2.31. The summed E-state index contributed by atoms with van der Waals surface area (Å²) in [6.07, 6.45) is 5.60. The van der Waals surface area contributed by atoms with E-state index in [0.29, 0.717) is 5.92 Å². The van der Waals surface area contributed by atoms with Crippen LogP contribution in [0, 0.1) is 19.8 Å². The molecule has 0 amide bonds. The molecule has 1 fully saturated rings. The van der Waals surface area contributed by atoms with Crippen LogP contribution in [-0.2, 0) is 13.1 Å². The van der Waals surface area contributed by atoms with Crippen molar-refractivity contribution in [2.45, 2.75) is 72.1 Å². The minimum Gasteiger partial charge on any atom is -0.393 e. The maximum Gasteiger partial charge on any atom is 0.0641 e. The number of aryl methyl sites for hydroxylation is 2. The fourth-order valence-electron chi connectivity index (χ4n) is 3.53. The third-order valence-corrected chi connectivity index (χ3v) is 4.81. The lowest BCUT2D eigenvalue weighted by atomic mass is 9.86. The summed E-state index contributed by atoms with van der Waals surface area (Å²) in [6, 6.07) is 0. The molecule has 1 aliphatic rings. The summed E-state index contributed by atoms with van der Waals surface area (Å²) in [4.78, 5) is 2.35. The predicted molar refractivity (Wildman–Crippen MR) is 86.3 cm³/mol. The van der Waals surface area contributed by atoms with Gasteiger partial charge in [-0.3, -0.25) is 4.68 Å². The van der Waals surface area contributed by atoms with Crippen LogP contribution in [-0.4, -0.2) is 39.5 Å². The van der Waals surface area contributed by atoms with E-state index in [0.717, 1.165) is 38.2 Å². The Hall–Kier alpha value is -0.870. The van der Waals surface area contributed by atoms with Gasteiger partial charge in [-0.1, -0.05) is 19.8 Å². The van der Waals surface area contributed by atoms with Gasteiger partial charge < -0.3 is 10.0 Å². The van der Waals surface area contributed by atoms with Crippen molar-refractivity contribution in [1.82, 2.24) is 14.7 Å². The first-order valence-electron chi connectivity index (χ1n) is 8.42. The van der Waals surface area contributed by atoms with Crippen LogP contribution in [0.25, 0.3) is 0 Å². The second kappa shape index (κ2) is 7.41. The van der Waals surface area contributed by atoms with Crippen LogP contribution in [0.1, 0.15) is 56.0 Å². The minimum absolute atomic E-state index is 0.105. The molecular formula is C17H31N3O. The number of aromatic nitrogens is 2. The molecule has 1 aromatic heterocycles. The van der Waals surface area contributed by atoms with Gasteiger partial charge in [0, 0.05) is 30.9 Å². The first-order valence-corrected chi connectivity index (χ1v) is 8.42. The summed E-state index contributed by atoms with van der Waals surface area (Å²) >= 11 is 0. The highest BCUT2D eigenvalue weighted by Gasteiger charge is 2.24. The van der Waals surface area contributed by atoms with Crippen molar-refractivity contribution in [3.05, 3.63) is 17.0 Å². The van der Waals surface area contributed by atoms with Crippen LogP contribution in [0.2, 0.25) is 0 Å². The minimum atomic E-state index is -0.105. The van der Waals surface area contributed by atoms with Gasteiger partial charge in [0.1, 0.15) is 0 Å². The molecule has 4 heteroatoms. The zero-order valence-electron chi connectivity index (χ0n) is 14.1. The second-order valence-electron chi connectivity index (χ2n) is 6.68. The van der Waals surface area contributed by atoms with E-state index in [1.165, 1.54) is 30.5 Å². The van der Waals surface area contributed by atoms with Gasteiger partial charge >= 0.3 is 0 Å². The summed E-state index contributed by atoms with van der Waals surface area (Å²) in [6.45, 7) is 9.39. The van der Waals surface area contributed by atoms with Crippen LogP contribution >= 0.6 is 0 Å². The Labute approximate surface area is 129 Å². The van der Waals surface area contributed by atoms with E-state index in [9.17, 15) is 5.11 Å². The number of nitrogens with zero attached hydrogens (tertiary/aromatic N) is 3. The molecule has 2 rings (SSSR count). The molecule has 1 heterocycles. The van der Waals surface area contributed by atoms with Crippen molar-refractivity contribution in [1.29, 1.82) is 0 Å². The standard InChI is InChI=1S/C17H31N3O/c1-5-10-20-14(3)16(13(2)18-20)12-19(4)11-15-8-6-7-9-17(15)21/h15,17,21H,5-12H2,1-4H3. The average molecular weight is 293 g/mol. The number of aliphatic hydroxyl groups excluding tert-OH is 1. The molecule has 0 saturated heterocycles. The lowest BCUT2D eigenvalue weighted by Crippen LogP contribution is -2.34. The molecule has 0 bridgehead atoms. The zero-order chi connectivity index (χ0) is 15.4. The number of aliphatic hydroxyl groups is 1. The van der Waals surface area contributed by atoms with Crippen molar-refractivity contribution in [2.75, 3.05) is 13.6 Å². The molecule has 4 nitrogen and oxygen atoms in total. The van der Waals surface area contributed by atoms with Crippen LogP contribution in [0.15, 0.2) is 0 Å². The molecule has 0 radical (unpaired) electrons. The van der Waals surface area contributed by atoms with Crippen molar-refractivity contribution in [3.63, 3.8) is 0 Å². The van der Waals surface area contributed by atoms with Crippen LogP contribution in [0.3, 0.4) is 0 Å². The van der Waals surface area contributed by atoms with E-state index >= 15 is 0 Å². The Morgan fingerprint density at radius 2 is 2.00 bits per heavy atom. The fraction of sp³-hybridized carbons (Fsp3) is 0.824. The SMILES string of the molecule is CCCn1nc(C)c(CN(C)CC2CCCCC2O)c1C. The predicted octanol–water partition coefficient (Wildman–Crippen LogP) is 2.89. The van der Waals surface area contributed by atoms with Crippen LogP contribution in [0.4, 0.5) is 0 Å². The molecule has 120 valence electrons. The highest BCUT2D eigenvalue weighted by Crippen LogP contribution is 2.25. The Kier molecular flexibility index (Phi) is 5.82. The Morgan fingerprint density at radius 3 is 2.67 bits per heavy atom. The molecule has 21 heavy (non-hydrogen) atoms. The molecule has 0 aliphatic heterocycles. The molecule has 1 aromatic rings. The van der Waals surface area contributed by atoms with E-state index in [1.54, 1.807) is 0 Å². The van der Waals surface area contributed by atoms with E-state index in [-0.39, 0.29) is 6.10 Å². The van der Waals surface area contributed by atoms with Crippen LogP contribution < -0.4 is 0 Å². The van der Waals surface area contributed by atoms with Crippen LogP contribution in [0.5, 0.6) is 0 Å². The van der Waals surface area contributed by atoms with Gasteiger partial charge in [-0.05, 0) is 46.1 Å². The normalized spacial score (nSPS) is 23.0. The Morgan fingerprint density at radius 1 is 1.29 bits per heavy atom. The Bertz CT molecular complexity index is 455. The topological polar surface area (TPSA) is 41.3 Å². The van der Waals surface area contributed by atoms with Gasteiger partial charge in [0.2, 0.25) is 0 Å². The number of rotatable bonds is 6. The Balaban J connectivity index is 1.97. The molecule has 2 atom stereocenters. The van der Waals surface area contributed by atoms with E-state index < -0.39 is 0 Å². The largest absolute Gasteiger partial charge is 0.393 e. The first kappa shape index (κ1) is 16.5. The van der Waals surface area contributed by atoms with E-state index in [4.69, 9.17) is 0 Å². The fourth-order valence-corrected chi connectivity index (χ4v) is 3.53. The maximum atomic E-state index is 10.1. The van der Waals surface area contributed by atoms with E-state index in [2.05, 4.69) is 42.5 Å². The molecule has 1 saturated carbocycles. The zero-order valence-corrected chi connectivity index (χ0v) is 14.1. The van der Waals surface area contributed by atoms with Crippen molar-refractivity contribution in [2.24, 2.45) is 5.92 Å². The summed E-state index contributed by atoms with van der Waals surface area (Å²) < 4.78 is 2.13. The molecule has 0 spiro atoms. The van der Waals surface area contributed by atoms with Gasteiger partial charge in [-0.25, -0.2) is 0 Å². The van der Waals surface area contributed by atoms with Crippen molar-refractivity contribution < 1.29 is 5.11 Å². The average Bonchev–Trinajstić information content (AvgIpc) is 2.70. The summed E-state index contributed by atoms with van der Waals surface area (Å²) in [5, 5.41) is 14.8. The summed E-state index contributed by atoms with van der Waals surface area (Å²) in [5.41, 5.74) is 3.80. The van der Waals surface area contributed by atoms with Gasteiger partial charge in [-0.15, -0.1) is 0 Å². The second-order valence-corrected chi connectivity index (χ2v) is 6.68. The van der Waals surface area contributed by atoms with Gasteiger partial charge in [0.05, 0.1) is 11.8 Å². The lowest BCUT2D eigenvalue weighted by molar-refractivity contribution is 0.0501. The molecule has 2 unspecified atom stereocenters. The third-order valence-electron chi connectivity index (χ3n) is 4.81. The van der Waals surface area contributed by atoms with Gasteiger partial charge in [0.15, 0.2) is 0 Å². The molecular weight excluding hydrogens is 262 g/mol. The van der Waals surface area contributed by atoms with E-state index in [1.807, 2.05) is 0 Å². The number of hydrogen-bond acceptors (Lipinski definition) is 3. The molecule has 1 aliphatic carbocycles. The number of hydrogen-bond donors (Lipinski definition) is 1. The van der Waals surface area contributed by atoms with Gasteiger partial charge in [0.25, 0.3) is 0 Å². The molecule has 1 N–H and O–H groups in total. The highest BCUT2D eigenvalue weighted by molar-refractivity contribution is 5.24. The third kappa shape index (κ3) is 4.07. The smallest absolute Gasteiger partial charge is 0.0641 e. The quantitative estimate of drug-likeness (QED) is 0.877. The maximum absolute atomic E-state index is 10.1. The van der Waals surface area contributed by atoms with Crippen molar-refractivity contribution in [3.8, 4) is 0 Å². The molecule has 0 aromatic carbocycles. The van der Waals surface area contributed by atoms with Crippen molar-refractivity contribution >= 4 is 0 Å². The highest BCUT2D eigenvalue weighted by atomic mass is 16.3. The van der Waals surface area contributed by atoms with Gasteiger partial charge in [-0.2, -0.15) is 5.10 Å². The monoisotopic (exact) mass is 293 g/mol. The summed E-state index contributed by atoms with van der Waals surface area (Å²) in [7, 11) is 2.16. The summed E-state index contributed by atoms with van der Waals surface area (Å²) in [5.74, 6) is 0.440.